The van der Waals surface area contributed by atoms with E-state index in [0.717, 1.165) is 28.7 Å². The van der Waals surface area contributed by atoms with E-state index in [0.29, 0.717) is 18.3 Å². The van der Waals surface area contributed by atoms with Crippen LogP contribution in [0.2, 0.25) is 0 Å². The Hall–Kier alpha value is -1.87. The summed E-state index contributed by atoms with van der Waals surface area (Å²) in [7, 11) is 0. The first-order valence-corrected chi connectivity index (χ1v) is 9.30. The molecule has 0 atom stereocenters. The molecule has 1 aliphatic carbocycles. The second kappa shape index (κ2) is 5.97. The fraction of sp³-hybridized carbons (Fsp3) is 0.429. The summed E-state index contributed by atoms with van der Waals surface area (Å²) in [5, 5.41) is 14.1. The SMILES string of the molecule is O=C1CNC(=O)N1CCSc1nnc(-c2cccs2)n1C1CC1. The number of hydrogen-bond acceptors (Lipinski definition) is 6. The summed E-state index contributed by atoms with van der Waals surface area (Å²) >= 11 is 3.20. The Balaban J connectivity index is 1.47. The van der Waals surface area contributed by atoms with E-state index in [1.165, 1.54) is 4.90 Å². The van der Waals surface area contributed by atoms with Gasteiger partial charge in [-0.3, -0.25) is 14.3 Å². The van der Waals surface area contributed by atoms with Crippen LogP contribution in [0.5, 0.6) is 0 Å². The first-order chi connectivity index (χ1) is 11.2. The number of carbonyl (C=O) groups excluding carboxylic acids is 2. The van der Waals surface area contributed by atoms with Crippen molar-refractivity contribution in [2.75, 3.05) is 18.8 Å². The first kappa shape index (κ1) is 14.7. The molecule has 1 aliphatic heterocycles. The molecule has 0 bridgehead atoms. The molecule has 3 amide bonds. The zero-order valence-electron chi connectivity index (χ0n) is 12.3. The lowest BCUT2D eigenvalue weighted by molar-refractivity contribution is -0.124. The van der Waals surface area contributed by atoms with E-state index in [4.69, 9.17) is 0 Å². The number of nitrogens with zero attached hydrogens (tertiary/aromatic N) is 4. The zero-order chi connectivity index (χ0) is 15.8. The Kier molecular flexibility index (Phi) is 3.82. The lowest BCUT2D eigenvalue weighted by atomic mass is 10.4. The molecule has 0 spiro atoms. The zero-order valence-corrected chi connectivity index (χ0v) is 13.9. The van der Waals surface area contributed by atoms with Crippen LogP contribution in [0.25, 0.3) is 10.7 Å². The predicted molar refractivity (Wildman–Crippen MR) is 87.4 cm³/mol. The normalized spacial score (nSPS) is 17.8. The summed E-state index contributed by atoms with van der Waals surface area (Å²) in [5.74, 6) is 1.37. The van der Waals surface area contributed by atoms with E-state index in [9.17, 15) is 9.59 Å². The molecule has 2 fully saturated rings. The molecular weight excluding hydrogens is 334 g/mol. The molecule has 4 rings (SSSR count). The highest BCUT2D eigenvalue weighted by molar-refractivity contribution is 7.99. The van der Waals surface area contributed by atoms with Crippen molar-refractivity contribution in [3.05, 3.63) is 17.5 Å². The maximum absolute atomic E-state index is 11.6. The van der Waals surface area contributed by atoms with Crippen LogP contribution in [0.3, 0.4) is 0 Å². The lowest BCUT2D eigenvalue weighted by Crippen LogP contribution is -2.32. The van der Waals surface area contributed by atoms with Gasteiger partial charge in [-0.25, -0.2) is 4.79 Å². The number of thioether (sulfide) groups is 1. The molecule has 2 aliphatic rings. The van der Waals surface area contributed by atoms with E-state index in [2.05, 4.69) is 26.1 Å². The van der Waals surface area contributed by atoms with Gasteiger partial charge in [0.1, 0.15) is 0 Å². The summed E-state index contributed by atoms with van der Waals surface area (Å²) < 4.78 is 2.20. The average molecular weight is 349 g/mol. The van der Waals surface area contributed by atoms with Crippen LogP contribution in [-0.2, 0) is 4.79 Å². The largest absolute Gasteiger partial charge is 0.329 e. The van der Waals surface area contributed by atoms with Crippen LogP contribution in [0, 0.1) is 0 Å². The van der Waals surface area contributed by atoms with E-state index in [1.54, 1.807) is 23.1 Å². The van der Waals surface area contributed by atoms with Gasteiger partial charge in [0.2, 0.25) is 5.91 Å². The number of aromatic nitrogens is 3. The number of urea groups is 1. The van der Waals surface area contributed by atoms with Gasteiger partial charge in [-0.2, -0.15) is 0 Å². The maximum Gasteiger partial charge on any atom is 0.324 e. The number of amides is 3. The van der Waals surface area contributed by atoms with Gasteiger partial charge in [0.25, 0.3) is 0 Å². The Morgan fingerprint density at radius 1 is 1.35 bits per heavy atom. The van der Waals surface area contributed by atoms with Crippen molar-refractivity contribution in [3.8, 4) is 10.7 Å². The quantitative estimate of drug-likeness (QED) is 0.637. The lowest BCUT2D eigenvalue weighted by Gasteiger charge is -2.12. The van der Waals surface area contributed by atoms with Crippen molar-refractivity contribution in [1.82, 2.24) is 25.0 Å². The third kappa shape index (κ3) is 2.86. The molecule has 1 saturated heterocycles. The number of rotatable bonds is 6. The van der Waals surface area contributed by atoms with Crippen LogP contribution < -0.4 is 5.32 Å². The fourth-order valence-electron chi connectivity index (χ4n) is 2.52. The van der Waals surface area contributed by atoms with Crippen LogP contribution >= 0.6 is 23.1 Å². The summed E-state index contributed by atoms with van der Waals surface area (Å²) in [6.07, 6.45) is 2.30. The summed E-state index contributed by atoms with van der Waals surface area (Å²) in [6.45, 7) is 0.492. The standard InChI is InChI=1S/C14H15N5O2S2/c20-11-8-15-13(21)18(11)5-7-23-14-17-16-12(10-2-1-6-22-10)19(14)9-3-4-9/h1-2,6,9H,3-5,7-8H2,(H,15,21). The summed E-state index contributed by atoms with van der Waals surface area (Å²) in [6, 6.07) is 4.23. The number of nitrogens with one attached hydrogen (secondary N) is 1. The molecule has 23 heavy (non-hydrogen) atoms. The first-order valence-electron chi connectivity index (χ1n) is 7.44. The monoisotopic (exact) mass is 349 g/mol. The van der Waals surface area contributed by atoms with Crippen LogP contribution in [-0.4, -0.2) is 50.4 Å². The number of thiophene rings is 1. The highest BCUT2D eigenvalue weighted by Crippen LogP contribution is 2.41. The Bertz CT molecular complexity index is 722. The Morgan fingerprint density at radius 2 is 2.22 bits per heavy atom. The van der Waals surface area contributed by atoms with Crippen LogP contribution in [0.15, 0.2) is 22.7 Å². The topological polar surface area (TPSA) is 80.1 Å². The predicted octanol–water partition coefficient (Wildman–Crippen LogP) is 1.99. The molecule has 3 heterocycles. The van der Waals surface area contributed by atoms with Gasteiger partial charge in [0.05, 0.1) is 11.4 Å². The van der Waals surface area contributed by atoms with Gasteiger partial charge in [-0.15, -0.1) is 21.5 Å². The minimum Gasteiger partial charge on any atom is -0.329 e. The molecule has 0 unspecified atom stereocenters. The van der Waals surface area contributed by atoms with E-state index in [-0.39, 0.29) is 18.5 Å². The molecule has 9 heteroatoms. The van der Waals surface area contributed by atoms with Crippen LogP contribution in [0.4, 0.5) is 4.79 Å². The molecular formula is C14H15N5O2S2. The van der Waals surface area contributed by atoms with Crippen molar-refractivity contribution in [2.45, 2.75) is 24.0 Å². The molecule has 0 radical (unpaired) electrons. The third-order valence-corrected chi connectivity index (χ3v) is 5.59. The molecule has 7 nitrogen and oxygen atoms in total. The van der Waals surface area contributed by atoms with Gasteiger partial charge in [-0.05, 0) is 24.3 Å². The number of imide groups is 1. The van der Waals surface area contributed by atoms with Crippen molar-refractivity contribution in [2.24, 2.45) is 0 Å². The molecule has 120 valence electrons. The summed E-state index contributed by atoms with van der Waals surface area (Å²) in [4.78, 5) is 25.5. The Labute approximate surface area is 141 Å². The second-order valence-corrected chi connectivity index (χ2v) is 7.45. The van der Waals surface area contributed by atoms with Gasteiger partial charge < -0.3 is 5.32 Å². The van der Waals surface area contributed by atoms with E-state index in [1.807, 2.05) is 11.4 Å². The van der Waals surface area contributed by atoms with Gasteiger partial charge in [0, 0.05) is 18.3 Å². The molecule has 2 aromatic rings. The van der Waals surface area contributed by atoms with Gasteiger partial charge >= 0.3 is 6.03 Å². The highest BCUT2D eigenvalue weighted by Gasteiger charge is 2.31. The van der Waals surface area contributed by atoms with Crippen molar-refractivity contribution >= 4 is 35.0 Å². The van der Waals surface area contributed by atoms with E-state index < -0.39 is 0 Å². The molecule has 2 aromatic heterocycles. The third-order valence-electron chi connectivity index (χ3n) is 3.80. The smallest absolute Gasteiger partial charge is 0.324 e. The minimum absolute atomic E-state index is 0.101. The van der Waals surface area contributed by atoms with Crippen molar-refractivity contribution in [3.63, 3.8) is 0 Å². The fourth-order valence-corrected chi connectivity index (χ4v) is 4.16. The average Bonchev–Trinajstić information content (AvgIpc) is 2.96. The van der Waals surface area contributed by atoms with E-state index >= 15 is 0 Å². The van der Waals surface area contributed by atoms with Crippen molar-refractivity contribution in [1.29, 1.82) is 0 Å². The number of carbonyl (C=O) groups is 2. The van der Waals surface area contributed by atoms with Crippen LogP contribution in [0.1, 0.15) is 18.9 Å². The van der Waals surface area contributed by atoms with Gasteiger partial charge in [-0.1, -0.05) is 17.8 Å². The Morgan fingerprint density at radius 3 is 2.87 bits per heavy atom. The molecule has 0 aromatic carbocycles. The van der Waals surface area contributed by atoms with Gasteiger partial charge in [0.15, 0.2) is 11.0 Å². The second-order valence-electron chi connectivity index (χ2n) is 5.44. The molecule has 1 saturated carbocycles. The number of hydrogen-bond donors (Lipinski definition) is 1. The summed E-state index contributed by atoms with van der Waals surface area (Å²) in [5.41, 5.74) is 0. The highest BCUT2D eigenvalue weighted by atomic mass is 32.2. The minimum atomic E-state index is -0.307. The van der Waals surface area contributed by atoms with Crippen molar-refractivity contribution < 1.29 is 9.59 Å². The maximum atomic E-state index is 11.6. The molecule has 1 N–H and O–H groups in total.